The zero-order chi connectivity index (χ0) is 13.6. The normalized spacial score (nSPS) is 11.3. The highest BCUT2D eigenvalue weighted by Gasteiger charge is 2.19. The molecule has 0 fully saturated rings. The Morgan fingerprint density at radius 1 is 1.32 bits per heavy atom. The van der Waals surface area contributed by atoms with Crippen molar-refractivity contribution in [2.45, 2.75) is 13.8 Å². The first-order valence-corrected chi connectivity index (χ1v) is 6.68. The lowest BCUT2D eigenvalue weighted by molar-refractivity contribution is 0.0527. The largest absolute Gasteiger partial charge is 0.463 e. The Kier molecular flexibility index (Phi) is 2.86. The fourth-order valence-corrected chi connectivity index (χ4v) is 2.66. The van der Waals surface area contributed by atoms with Crippen LogP contribution in [-0.2, 0) is 4.74 Å². The summed E-state index contributed by atoms with van der Waals surface area (Å²) in [5.74, 6) is 0.407. The lowest BCUT2D eigenvalue weighted by atomic mass is 10.1. The molecule has 2 aromatic heterocycles. The summed E-state index contributed by atoms with van der Waals surface area (Å²) in [5, 5.41) is 1.57. The van der Waals surface area contributed by atoms with Crippen LogP contribution in [-0.4, -0.2) is 12.6 Å². The SMILES string of the molecule is CCOC(=O)c1coc2c1cc(Br)c1oc(C)cc12. The van der Waals surface area contributed by atoms with Crippen LogP contribution in [0.1, 0.15) is 23.0 Å². The van der Waals surface area contributed by atoms with Crippen molar-refractivity contribution in [1.82, 2.24) is 0 Å². The van der Waals surface area contributed by atoms with Gasteiger partial charge in [0, 0.05) is 5.39 Å². The van der Waals surface area contributed by atoms with Crippen molar-refractivity contribution in [3.05, 3.63) is 34.2 Å². The molecule has 4 nitrogen and oxygen atoms in total. The summed E-state index contributed by atoms with van der Waals surface area (Å²) in [6.07, 6.45) is 1.43. The number of halogens is 1. The van der Waals surface area contributed by atoms with Gasteiger partial charge in [0.2, 0.25) is 0 Å². The summed E-state index contributed by atoms with van der Waals surface area (Å²) in [4.78, 5) is 11.9. The fraction of sp³-hybridized carbons (Fsp3) is 0.214. The van der Waals surface area contributed by atoms with Crippen LogP contribution >= 0.6 is 15.9 Å². The average molecular weight is 323 g/mol. The van der Waals surface area contributed by atoms with Crippen molar-refractivity contribution in [3.8, 4) is 0 Å². The summed E-state index contributed by atoms with van der Waals surface area (Å²) >= 11 is 3.45. The van der Waals surface area contributed by atoms with Crippen LogP contribution in [0.15, 0.2) is 31.7 Å². The van der Waals surface area contributed by atoms with Crippen LogP contribution in [0.2, 0.25) is 0 Å². The zero-order valence-electron chi connectivity index (χ0n) is 10.5. The van der Waals surface area contributed by atoms with Gasteiger partial charge >= 0.3 is 5.97 Å². The van der Waals surface area contributed by atoms with E-state index in [4.69, 9.17) is 13.6 Å². The predicted molar refractivity (Wildman–Crippen MR) is 74.4 cm³/mol. The number of ether oxygens (including phenoxy) is 1. The zero-order valence-corrected chi connectivity index (χ0v) is 12.0. The molecule has 0 aliphatic rings. The number of benzene rings is 1. The van der Waals surface area contributed by atoms with Gasteiger partial charge in [0.25, 0.3) is 0 Å². The molecule has 0 amide bonds. The molecule has 0 aliphatic heterocycles. The summed E-state index contributed by atoms with van der Waals surface area (Å²) in [6.45, 7) is 3.97. The first-order valence-electron chi connectivity index (χ1n) is 5.88. The van der Waals surface area contributed by atoms with Gasteiger partial charge in [-0.3, -0.25) is 0 Å². The number of rotatable bonds is 2. The van der Waals surface area contributed by atoms with Crippen LogP contribution in [0, 0.1) is 6.92 Å². The first kappa shape index (κ1) is 12.3. The molecule has 3 rings (SSSR count). The van der Waals surface area contributed by atoms with Crippen molar-refractivity contribution >= 4 is 43.8 Å². The van der Waals surface area contributed by atoms with E-state index < -0.39 is 0 Å². The molecule has 0 atom stereocenters. The fourth-order valence-electron chi connectivity index (χ4n) is 2.14. The molecule has 19 heavy (non-hydrogen) atoms. The smallest absolute Gasteiger partial charge is 0.342 e. The molecule has 98 valence electrons. The molecule has 0 spiro atoms. The number of furan rings is 2. The Morgan fingerprint density at radius 3 is 2.84 bits per heavy atom. The molecule has 0 unspecified atom stereocenters. The van der Waals surface area contributed by atoms with Gasteiger partial charge in [-0.1, -0.05) is 0 Å². The minimum Gasteiger partial charge on any atom is -0.463 e. The molecule has 0 radical (unpaired) electrons. The maximum absolute atomic E-state index is 11.9. The third-order valence-corrected chi connectivity index (χ3v) is 3.50. The maximum atomic E-state index is 11.9. The highest BCUT2D eigenvalue weighted by Crippen LogP contribution is 2.36. The molecular formula is C14H11BrO4. The lowest BCUT2D eigenvalue weighted by Crippen LogP contribution is -2.03. The van der Waals surface area contributed by atoms with Crippen LogP contribution < -0.4 is 0 Å². The van der Waals surface area contributed by atoms with E-state index in [1.165, 1.54) is 6.26 Å². The van der Waals surface area contributed by atoms with Crippen molar-refractivity contribution in [3.63, 3.8) is 0 Å². The van der Waals surface area contributed by atoms with Crippen molar-refractivity contribution in [2.24, 2.45) is 0 Å². The van der Waals surface area contributed by atoms with Gasteiger partial charge in [-0.2, -0.15) is 0 Å². The van der Waals surface area contributed by atoms with E-state index in [1.807, 2.05) is 19.1 Å². The molecule has 1 aromatic carbocycles. The molecule has 0 saturated heterocycles. The number of carbonyl (C=O) groups is 1. The summed E-state index contributed by atoms with van der Waals surface area (Å²) in [5.41, 5.74) is 1.78. The Hall–Kier alpha value is -1.75. The predicted octanol–water partition coefficient (Wildman–Crippen LogP) is 4.43. The topological polar surface area (TPSA) is 52.6 Å². The highest BCUT2D eigenvalue weighted by molar-refractivity contribution is 9.10. The number of esters is 1. The van der Waals surface area contributed by atoms with E-state index in [0.717, 1.165) is 26.6 Å². The monoisotopic (exact) mass is 322 g/mol. The van der Waals surface area contributed by atoms with Crippen LogP contribution in [0.5, 0.6) is 0 Å². The van der Waals surface area contributed by atoms with E-state index >= 15 is 0 Å². The average Bonchev–Trinajstić information content (AvgIpc) is 2.92. The van der Waals surface area contributed by atoms with Gasteiger partial charge in [-0.25, -0.2) is 4.79 Å². The number of hydrogen-bond donors (Lipinski definition) is 0. The molecule has 3 aromatic rings. The maximum Gasteiger partial charge on any atom is 0.342 e. The summed E-state index contributed by atoms with van der Waals surface area (Å²) in [6, 6.07) is 3.71. The minimum atomic E-state index is -0.382. The van der Waals surface area contributed by atoms with Crippen molar-refractivity contribution in [1.29, 1.82) is 0 Å². The number of fused-ring (bicyclic) bond motifs is 3. The van der Waals surface area contributed by atoms with E-state index in [9.17, 15) is 4.79 Å². The second-order valence-corrected chi connectivity index (χ2v) is 5.06. The van der Waals surface area contributed by atoms with Crippen molar-refractivity contribution in [2.75, 3.05) is 6.61 Å². The molecule has 5 heteroatoms. The Labute approximate surface area is 117 Å². The van der Waals surface area contributed by atoms with Gasteiger partial charge in [-0.15, -0.1) is 0 Å². The van der Waals surface area contributed by atoms with Gasteiger partial charge in [0.1, 0.15) is 23.2 Å². The van der Waals surface area contributed by atoms with Crippen molar-refractivity contribution < 1.29 is 18.4 Å². The van der Waals surface area contributed by atoms with E-state index in [2.05, 4.69) is 15.9 Å². The van der Waals surface area contributed by atoms with Gasteiger partial charge in [0.05, 0.1) is 16.5 Å². The van der Waals surface area contributed by atoms with Crippen LogP contribution in [0.3, 0.4) is 0 Å². The summed E-state index contributed by atoms with van der Waals surface area (Å²) < 4.78 is 16.9. The van der Waals surface area contributed by atoms with Gasteiger partial charge in [0.15, 0.2) is 5.58 Å². The van der Waals surface area contributed by atoms with Crippen LogP contribution in [0.25, 0.3) is 21.9 Å². The Morgan fingerprint density at radius 2 is 2.11 bits per heavy atom. The molecule has 0 bridgehead atoms. The second kappa shape index (κ2) is 4.42. The lowest BCUT2D eigenvalue weighted by Gasteiger charge is -1.99. The second-order valence-electron chi connectivity index (χ2n) is 4.20. The van der Waals surface area contributed by atoms with E-state index in [-0.39, 0.29) is 5.97 Å². The Bertz CT molecular complexity index is 782. The molecule has 0 aliphatic carbocycles. The highest BCUT2D eigenvalue weighted by atomic mass is 79.9. The third-order valence-electron chi connectivity index (χ3n) is 2.91. The number of hydrogen-bond acceptors (Lipinski definition) is 4. The van der Waals surface area contributed by atoms with E-state index in [1.54, 1.807) is 6.92 Å². The minimum absolute atomic E-state index is 0.333. The molecule has 2 heterocycles. The van der Waals surface area contributed by atoms with E-state index in [0.29, 0.717) is 17.8 Å². The molecule has 0 saturated carbocycles. The first-order chi connectivity index (χ1) is 9.11. The van der Waals surface area contributed by atoms with Gasteiger partial charge in [-0.05, 0) is 41.9 Å². The molecular weight excluding hydrogens is 312 g/mol. The standard InChI is InChI=1S/C14H11BrO4/c1-3-17-14(16)10-6-18-12-8(10)5-11(15)13-9(12)4-7(2)19-13/h4-6H,3H2,1-2H3. The Balaban J connectivity index is 2.32. The number of carbonyl (C=O) groups excluding carboxylic acids is 1. The van der Waals surface area contributed by atoms with Crippen LogP contribution in [0.4, 0.5) is 0 Å². The number of aryl methyl sites for hydroxylation is 1. The third kappa shape index (κ3) is 1.85. The quantitative estimate of drug-likeness (QED) is 0.655. The summed E-state index contributed by atoms with van der Waals surface area (Å²) in [7, 11) is 0. The van der Waals surface area contributed by atoms with Gasteiger partial charge < -0.3 is 13.6 Å². The molecule has 0 N–H and O–H groups in total.